The molecule has 2 rings (SSSR count). The molecule has 18 heavy (non-hydrogen) atoms. The van der Waals surface area contributed by atoms with Crippen molar-refractivity contribution in [3.8, 4) is 5.88 Å². The van der Waals surface area contributed by atoms with E-state index in [1.165, 1.54) is 12.8 Å². The van der Waals surface area contributed by atoms with E-state index in [4.69, 9.17) is 4.74 Å². The zero-order chi connectivity index (χ0) is 13.1. The minimum atomic E-state index is -0.593. The lowest BCUT2D eigenvalue weighted by molar-refractivity contribution is 0.114. The zero-order valence-corrected chi connectivity index (χ0v) is 10.4. The van der Waals surface area contributed by atoms with E-state index in [0.717, 1.165) is 4.57 Å². The summed E-state index contributed by atoms with van der Waals surface area (Å²) < 4.78 is 6.56. The fraction of sp³-hybridized carbons (Fsp3) is 0.667. The second-order valence-corrected chi connectivity index (χ2v) is 4.58. The van der Waals surface area contributed by atoms with Crippen LogP contribution in [-0.4, -0.2) is 27.9 Å². The van der Waals surface area contributed by atoms with Gasteiger partial charge in [0.2, 0.25) is 5.88 Å². The van der Waals surface area contributed by atoms with E-state index in [9.17, 15) is 14.7 Å². The Bertz CT molecular complexity index is 528. The highest BCUT2D eigenvalue weighted by atomic mass is 16.5. The molecule has 1 fully saturated rings. The summed E-state index contributed by atoms with van der Waals surface area (Å²) in [4.78, 5) is 25.2. The van der Waals surface area contributed by atoms with Crippen LogP contribution in [-0.2, 0) is 17.7 Å². The number of ether oxygens (including phenoxy) is 1. The monoisotopic (exact) mass is 254 g/mol. The predicted octanol–water partition coefficient (Wildman–Crippen LogP) is 0.231. The van der Waals surface area contributed by atoms with Gasteiger partial charge < -0.3 is 9.84 Å². The SMILES string of the molecule is CCc1c(O)n(CCOCC2CC2)c(=O)[nH]c1=O. The quantitative estimate of drug-likeness (QED) is 0.712. The molecule has 100 valence electrons. The minimum Gasteiger partial charge on any atom is -0.494 e. The van der Waals surface area contributed by atoms with Crippen molar-refractivity contribution in [3.05, 3.63) is 26.4 Å². The summed E-state index contributed by atoms with van der Waals surface area (Å²) in [5.41, 5.74) is -0.878. The number of hydrogen-bond acceptors (Lipinski definition) is 4. The van der Waals surface area contributed by atoms with E-state index in [0.29, 0.717) is 25.6 Å². The summed E-state index contributed by atoms with van der Waals surface area (Å²) in [6.45, 7) is 3.07. The summed E-state index contributed by atoms with van der Waals surface area (Å²) in [5.74, 6) is 0.415. The van der Waals surface area contributed by atoms with Crippen molar-refractivity contribution in [1.29, 1.82) is 0 Å². The van der Waals surface area contributed by atoms with Gasteiger partial charge in [0.15, 0.2) is 0 Å². The molecule has 0 aromatic carbocycles. The number of rotatable bonds is 6. The van der Waals surface area contributed by atoms with Gasteiger partial charge in [0.1, 0.15) is 0 Å². The van der Waals surface area contributed by atoms with E-state index in [1.807, 2.05) is 0 Å². The van der Waals surface area contributed by atoms with Crippen LogP contribution in [0.5, 0.6) is 5.88 Å². The lowest BCUT2D eigenvalue weighted by Crippen LogP contribution is -2.33. The third-order valence-corrected chi connectivity index (χ3v) is 3.13. The van der Waals surface area contributed by atoms with Gasteiger partial charge in [-0.05, 0) is 25.2 Å². The maximum Gasteiger partial charge on any atom is 0.331 e. The topological polar surface area (TPSA) is 84.3 Å². The van der Waals surface area contributed by atoms with E-state index in [1.54, 1.807) is 6.92 Å². The van der Waals surface area contributed by atoms with Crippen molar-refractivity contribution in [2.24, 2.45) is 5.92 Å². The Balaban J connectivity index is 2.06. The van der Waals surface area contributed by atoms with Crippen LogP contribution in [0.15, 0.2) is 9.59 Å². The zero-order valence-electron chi connectivity index (χ0n) is 10.4. The van der Waals surface area contributed by atoms with Crippen molar-refractivity contribution >= 4 is 0 Å². The van der Waals surface area contributed by atoms with Crippen LogP contribution in [0, 0.1) is 5.92 Å². The van der Waals surface area contributed by atoms with Gasteiger partial charge in [-0.25, -0.2) is 4.79 Å². The number of nitrogens with one attached hydrogen (secondary N) is 1. The first-order valence-electron chi connectivity index (χ1n) is 6.26. The summed E-state index contributed by atoms with van der Waals surface area (Å²) >= 11 is 0. The van der Waals surface area contributed by atoms with Crippen LogP contribution >= 0.6 is 0 Å². The first-order chi connectivity index (χ1) is 8.63. The first-order valence-corrected chi connectivity index (χ1v) is 6.26. The molecule has 0 saturated heterocycles. The second kappa shape index (κ2) is 5.39. The molecule has 0 amide bonds. The number of aromatic amines is 1. The molecule has 2 N–H and O–H groups in total. The van der Waals surface area contributed by atoms with Crippen LogP contribution in [0.2, 0.25) is 0 Å². The van der Waals surface area contributed by atoms with Gasteiger partial charge in [-0.15, -0.1) is 0 Å². The Morgan fingerprint density at radius 3 is 2.78 bits per heavy atom. The summed E-state index contributed by atoms with van der Waals surface area (Å²) in [5, 5.41) is 9.86. The second-order valence-electron chi connectivity index (χ2n) is 4.58. The van der Waals surface area contributed by atoms with Crippen molar-refractivity contribution in [2.75, 3.05) is 13.2 Å². The molecule has 1 aliphatic rings. The van der Waals surface area contributed by atoms with Crippen molar-refractivity contribution in [3.63, 3.8) is 0 Å². The molecule has 0 bridgehead atoms. The molecule has 1 aliphatic carbocycles. The van der Waals surface area contributed by atoms with Crippen LogP contribution in [0.3, 0.4) is 0 Å². The lowest BCUT2D eigenvalue weighted by Gasteiger charge is -2.10. The molecule has 0 spiro atoms. The molecule has 1 saturated carbocycles. The van der Waals surface area contributed by atoms with Crippen molar-refractivity contribution < 1.29 is 9.84 Å². The predicted molar refractivity (Wildman–Crippen MR) is 65.9 cm³/mol. The fourth-order valence-electron chi connectivity index (χ4n) is 1.82. The fourth-order valence-corrected chi connectivity index (χ4v) is 1.82. The van der Waals surface area contributed by atoms with Crippen molar-refractivity contribution in [1.82, 2.24) is 9.55 Å². The molecule has 1 aromatic heterocycles. The average molecular weight is 254 g/mol. The molecule has 6 nitrogen and oxygen atoms in total. The summed E-state index contributed by atoms with van der Waals surface area (Å²) in [6.07, 6.45) is 2.80. The molecule has 0 unspecified atom stereocenters. The number of aromatic nitrogens is 2. The van der Waals surface area contributed by atoms with Crippen LogP contribution in [0.25, 0.3) is 0 Å². The van der Waals surface area contributed by atoms with Crippen molar-refractivity contribution in [2.45, 2.75) is 32.7 Å². The molecular weight excluding hydrogens is 236 g/mol. The highest BCUT2D eigenvalue weighted by Gasteiger charge is 2.21. The van der Waals surface area contributed by atoms with Crippen LogP contribution in [0.4, 0.5) is 0 Å². The Labute approximate surface area is 104 Å². The van der Waals surface area contributed by atoms with Crippen LogP contribution in [0.1, 0.15) is 25.3 Å². The third kappa shape index (κ3) is 2.81. The Hall–Kier alpha value is -1.56. The van der Waals surface area contributed by atoms with E-state index < -0.39 is 11.2 Å². The van der Waals surface area contributed by atoms with Crippen LogP contribution < -0.4 is 11.2 Å². The smallest absolute Gasteiger partial charge is 0.331 e. The van der Waals surface area contributed by atoms with Gasteiger partial charge in [0, 0.05) is 6.61 Å². The highest BCUT2D eigenvalue weighted by Crippen LogP contribution is 2.28. The molecule has 1 heterocycles. The molecule has 6 heteroatoms. The molecular formula is C12H18N2O4. The van der Waals surface area contributed by atoms with Gasteiger partial charge in [-0.3, -0.25) is 14.3 Å². The maximum absolute atomic E-state index is 11.6. The normalized spacial score (nSPS) is 14.9. The first kappa shape index (κ1) is 12.9. The average Bonchev–Trinajstić information content (AvgIpc) is 3.12. The minimum absolute atomic E-state index is 0.233. The van der Waals surface area contributed by atoms with E-state index >= 15 is 0 Å². The standard InChI is InChI=1S/C12H18N2O4/c1-2-9-10(15)13-12(17)14(11(9)16)5-6-18-7-8-3-4-8/h8,16H,2-7H2,1H3,(H,13,15,17). The van der Waals surface area contributed by atoms with Gasteiger partial charge in [-0.1, -0.05) is 6.92 Å². The molecule has 0 aliphatic heterocycles. The lowest BCUT2D eigenvalue weighted by atomic mass is 10.2. The molecule has 0 atom stereocenters. The summed E-state index contributed by atoms with van der Waals surface area (Å²) in [6, 6.07) is 0. The van der Waals surface area contributed by atoms with Gasteiger partial charge in [0.25, 0.3) is 5.56 Å². The van der Waals surface area contributed by atoms with Gasteiger partial charge in [-0.2, -0.15) is 0 Å². The summed E-state index contributed by atoms with van der Waals surface area (Å²) in [7, 11) is 0. The number of aromatic hydroxyl groups is 1. The van der Waals surface area contributed by atoms with Gasteiger partial charge >= 0.3 is 5.69 Å². The van der Waals surface area contributed by atoms with E-state index in [-0.39, 0.29) is 18.0 Å². The molecule has 1 aromatic rings. The highest BCUT2D eigenvalue weighted by molar-refractivity contribution is 5.22. The molecule has 0 radical (unpaired) electrons. The Morgan fingerprint density at radius 2 is 2.17 bits per heavy atom. The largest absolute Gasteiger partial charge is 0.494 e. The number of H-pyrrole nitrogens is 1. The maximum atomic E-state index is 11.6. The number of hydrogen-bond donors (Lipinski definition) is 2. The Morgan fingerprint density at radius 1 is 1.44 bits per heavy atom. The number of nitrogens with zero attached hydrogens (tertiary/aromatic N) is 1. The Kier molecular flexibility index (Phi) is 3.86. The van der Waals surface area contributed by atoms with E-state index in [2.05, 4.69) is 4.98 Å². The van der Waals surface area contributed by atoms with Gasteiger partial charge in [0.05, 0.1) is 18.7 Å². The third-order valence-electron chi connectivity index (χ3n) is 3.13.